The summed E-state index contributed by atoms with van der Waals surface area (Å²) >= 11 is 6.92. The highest BCUT2D eigenvalue weighted by Crippen LogP contribution is 2.31. The van der Waals surface area contributed by atoms with Crippen molar-refractivity contribution in [2.45, 2.75) is 23.8 Å². The van der Waals surface area contributed by atoms with Crippen molar-refractivity contribution in [3.63, 3.8) is 0 Å². The predicted octanol–water partition coefficient (Wildman–Crippen LogP) is 2.38. The number of hydrogen-bond acceptors (Lipinski definition) is 5. The summed E-state index contributed by atoms with van der Waals surface area (Å²) in [5.41, 5.74) is 0.894. The van der Waals surface area contributed by atoms with Crippen LogP contribution in [0.25, 0.3) is 0 Å². The zero-order valence-corrected chi connectivity index (χ0v) is 14.4. The van der Waals surface area contributed by atoms with Gasteiger partial charge in [-0.1, -0.05) is 11.6 Å². The maximum Gasteiger partial charge on any atom is 0.252 e. The maximum atomic E-state index is 12.6. The molecule has 2 aromatic heterocycles. The Morgan fingerprint density at radius 1 is 1.50 bits per heavy atom. The van der Waals surface area contributed by atoms with Gasteiger partial charge in [0.2, 0.25) is 0 Å². The minimum atomic E-state index is -3.52. The number of halogens is 1. The minimum absolute atomic E-state index is 0.266. The molecule has 0 bridgehead atoms. The van der Waals surface area contributed by atoms with Crippen molar-refractivity contribution in [2.24, 2.45) is 0 Å². The molecule has 0 N–H and O–H groups in total. The highest BCUT2D eigenvalue weighted by Gasteiger charge is 2.32. The molecule has 0 amide bonds. The molecule has 1 fully saturated rings. The molecule has 1 atom stereocenters. The van der Waals surface area contributed by atoms with E-state index in [1.165, 1.54) is 4.31 Å². The average Bonchev–Trinajstić information content (AvgIpc) is 3.16. The normalized spacial score (nSPS) is 20.4. The zero-order valence-electron chi connectivity index (χ0n) is 12.0. The van der Waals surface area contributed by atoms with E-state index in [1.54, 1.807) is 23.0 Å². The van der Waals surface area contributed by atoms with Gasteiger partial charge in [0.05, 0.1) is 23.2 Å². The molecule has 3 rings (SSSR count). The van der Waals surface area contributed by atoms with Gasteiger partial charge >= 0.3 is 0 Å². The summed E-state index contributed by atoms with van der Waals surface area (Å²) in [4.78, 5) is 0. The van der Waals surface area contributed by atoms with E-state index in [-0.39, 0.29) is 16.9 Å². The molecule has 1 aliphatic heterocycles. The van der Waals surface area contributed by atoms with Crippen molar-refractivity contribution in [3.05, 3.63) is 34.4 Å². The first-order valence-electron chi connectivity index (χ1n) is 6.90. The Morgan fingerprint density at radius 2 is 2.32 bits per heavy atom. The van der Waals surface area contributed by atoms with E-state index in [4.69, 9.17) is 16.3 Å². The highest BCUT2D eigenvalue weighted by atomic mass is 35.5. The van der Waals surface area contributed by atoms with Crippen LogP contribution in [0.2, 0.25) is 4.34 Å². The number of aryl methyl sites for hydroxylation is 1. The minimum Gasteiger partial charge on any atom is -0.371 e. The van der Waals surface area contributed by atoms with Gasteiger partial charge in [0, 0.05) is 31.4 Å². The Balaban J connectivity index is 1.80. The lowest BCUT2D eigenvalue weighted by molar-refractivity contribution is -0.00254. The van der Waals surface area contributed by atoms with Gasteiger partial charge < -0.3 is 4.74 Å². The lowest BCUT2D eigenvalue weighted by Crippen LogP contribution is -2.41. The summed E-state index contributed by atoms with van der Waals surface area (Å²) in [5, 5.41) is 4.21. The fourth-order valence-corrected chi connectivity index (χ4v) is 5.39. The van der Waals surface area contributed by atoms with Gasteiger partial charge in [0.25, 0.3) is 10.0 Å². The van der Waals surface area contributed by atoms with Crippen molar-refractivity contribution < 1.29 is 13.2 Å². The first-order chi connectivity index (χ1) is 10.5. The van der Waals surface area contributed by atoms with E-state index >= 15 is 0 Å². The summed E-state index contributed by atoms with van der Waals surface area (Å²) in [5.74, 6) is 0. The molecule has 3 heterocycles. The van der Waals surface area contributed by atoms with Gasteiger partial charge in [-0.3, -0.25) is 4.68 Å². The molecule has 9 heteroatoms. The molecule has 2 aromatic rings. The fourth-order valence-electron chi connectivity index (χ4n) is 2.33. The SMILES string of the molecule is CCn1cc(C2CN(S(=O)(=O)c3ccc(Cl)s3)CCO2)cn1. The van der Waals surface area contributed by atoms with Crippen LogP contribution in [0.5, 0.6) is 0 Å². The molecule has 0 saturated carbocycles. The molecule has 0 radical (unpaired) electrons. The summed E-state index contributed by atoms with van der Waals surface area (Å²) in [6.45, 7) is 3.75. The third-order valence-electron chi connectivity index (χ3n) is 3.52. The number of sulfonamides is 1. The third kappa shape index (κ3) is 3.07. The van der Waals surface area contributed by atoms with Gasteiger partial charge in [-0.15, -0.1) is 11.3 Å². The summed E-state index contributed by atoms with van der Waals surface area (Å²) in [7, 11) is -3.52. The Kier molecular flexibility index (Phi) is 4.56. The van der Waals surface area contributed by atoms with Crippen LogP contribution < -0.4 is 0 Å². The van der Waals surface area contributed by atoms with Gasteiger partial charge in [-0.2, -0.15) is 9.40 Å². The first kappa shape index (κ1) is 15.9. The van der Waals surface area contributed by atoms with Gasteiger partial charge in [-0.05, 0) is 19.1 Å². The summed E-state index contributed by atoms with van der Waals surface area (Å²) in [6.07, 6.45) is 3.33. The van der Waals surface area contributed by atoms with E-state index in [2.05, 4.69) is 5.10 Å². The van der Waals surface area contributed by atoms with Crippen LogP contribution in [0, 0.1) is 0 Å². The van der Waals surface area contributed by atoms with Crippen LogP contribution in [0.4, 0.5) is 0 Å². The lowest BCUT2D eigenvalue weighted by Gasteiger charge is -2.31. The molecule has 0 spiro atoms. The highest BCUT2D eigenvalue weighted by molar-refractivity contribution is 7.91. The molecule has 1 unspecified atom stereocenters. The molecular weight excluding hydrogens is 346 g/mol. The van der Waals surface area contributed by atoms with Crippen LogP contribution in [-0.4, -0.2) is 42.2 Å². The van der Waals surface area contributed by atoms with Crippen molar-refractivity contribution in [2.75, 3.05) is 19.7 Å². The van der Waals surface area contributed by atoms with Crippen molar-refractivity contribution in [3.8, 4) is 0 Å². The Morgan fingerprint density at radius 3 is 2.95 bits per heavy atom. The number of nitrogens with zero attached hydrogens (tertiary/aromatic N) is 3. The Hall–Kier alpha value is -0.930. The Bertz CT molecular complexity index is 756. The standard InChI is InChI=1S/C13H16ClN3O3S2/c1-2-16-8-10(7-15-16)11-9-17(5-6-20-11)22(18,19)13-4-3-12(14)21-13/h3-4,7-8,11H,2,5-6,9H2,1H3. The molecule has 0 aromatic carbocycles. The van der Waals surface area contributed by atoms with Gasteiger partial charge in [0.15, 0.2) is 0 Å². The zero-order chi connectivity index (χ0) is 15.7. The summed E-state index contributed by atoms with van der Waals surface area (Å²) < 4.78 is 35.0. The maximum absolute atomic E-state index is 12.6. The monoisotopic (exact) mass is 361 g/mol. The van der Waals surface area contributed by atoms with E-state index in [0.717, 1.165) is 23.4 Å². The molecule has 1 saturated heterocycles. The van der Waals surface area contributed by atoms with E-state index in [1.807, 2.05) is 13.1 Å². The van der Waals surface area contributed by atoms with E-state index in [9.17, 15) is 8.42 Å². The second-order valence-corrected chi connectivity index (χ2v) is 8.79. The fraction of sp³-hybridized carbons (Fsp3) is 0.462. The van der Waals surface area contributed by atoms with Gasteiger partial charge in [0.1, 0.15) is 4.21 Å². The van der Waals surface area contributed by atoms with Gasteiger partial charge in [-0.25, -0.2) is 8.42 Å². The molecule has 1 aliphatic rings. The largest absolute Gasteiger partial charge is 0.371 e. The second-order valence-electron chi connectivity index (χ2n) is 4.91. The van der Waals surface area contributed by atoms with Crippen molar-refractivity contribution in [1.29, 1.82) is 0 Å². The molecule has 6 nitrogen and oxygen atoms in total. The van der Waals surface area contributed by atoms with E-state index in [0.29, 0.717) is 17.5 Å². The lowest BCUT2D eigenvalue weighted by atomic mass is 10.2. The van der Waals surface area contributed by atoms with Crippen LogP contribution in [0.3, 0.4) is 0 Å². The average molecular weight is 362 g/mol. The molecular formula is C13H16ClN3O3S2. The topological polar surface area (TPSA) is 64.4 Å². The van der Waals surface area contributed by atoms with E-state index < -0.39 is 10.0 Å². The van der Waals surface area contributed by atoms with Crippen LogP contribution in [0.15, 0.2) is 28.7 Å². The molecule has 120 valence electrons. The summed E-state index contributed by atoms with van der Waals surface area (Å²) in [6, 6.07) is 3.14. The van der Waals surface area contributed by atoms with Crippen LogP contribution >= 0.6 is 22.9 Å². The molecule has 0 aliphatic carbocycles. The third-order valence-corrected chi connectivity index (χ3v) is 7.08. The second kappa shape index (κ2) is 6.29. The predicted molar refractivity (Wildman–Crippen MR) is 84.7 cm³/mol. The molecule has 22 heavy (non-hydrogen) atoms. The number of aromatic nitrogens is 2. The number of thiophene rings is 1. The van der Waals surface area contributed by atoms with Crippen LogP contribution in [-0.2, 0) is 21.3 Å². The van der Waals surface area contributed by atoms with Crippen LogP contribution in [0.1, 0.15) is 18.6 Å². The first-order valence-corrected chi connectivity index (χ1v) is 9.53. The number of hydrogen-bond donors (Lipinski definition) is 0. The number of ether oxygens (including phenoxy) is 1. The van der Waals surface area contributed by atoms with Crippen molar-refractivity contribution >= 4 is 33.0 Å². The quantitative estimate of drug-likeness (QED) is 0.838. The van der Waals surface area contributed by atoms with Crippen molar-refractivity contribution in [1.82, 2.24) is 14.1 Å². The number of morpholine rings is 1. The smallest absolute Gasteiger partial charge is 0.252 e. The number of rotatable bonds is 4. The Labute approximate surface area is 138 Å².